The molecule has 104 valence electrons. The number of sulfonamides is 1. The third-order valence-corrected chi connectivity index (χ3v) is 5.04. The van der Waals surface area contributed by atoms with Gasteiger partial charge in [0.1, 0.15) is 0 Å². The maximum atomic E-state index is 11.6. The van der Waals surface area contributed by atoms with E-state index in [1.54, 1.807) is 0 Å². The Bertz CT molecular complexity index is 403. The maximum absolute atomic E-state index is 11.6. The van der Waals surface area contributed by atoms with E-state index in [1.165, 1.54) is 17.1 Å². The summed E-state index contributed by atoms with van der Waals surface area (Å²) in [6.45, 7) is 4.49. The number of nitrogens with one attached hydrogen (secondary N) is 2. The third-order valence-electron chi connectivity index (χ3n) is 3.08. The minimum absolute atomic E-state index is 0.289. The topological polar surface area (TPSA) is 73.8 Å². The number of hydrogen-bond donors (Lipinski definition) is 2. The van der Waals surface area contributed by atoms with Crippen molar-refractivity contribution >= 4 is 16.0 Å². The molecule has 0 aromatic heterocycles. The first-order valence-corrected chi connectivity index (χ1v) is 8.25. The largest absolute Gasteiger partial charge is 0.357 e. The van der Waals surface area contributed by atoms with Crippen molar-refractivity contribution in [3.63, 3.8) is 0 Å². The summed E-state index contributed by atoms with van der Waals surface area (Å²) in [5, 5.41) is 6.48. The average molecular weight is 274 g/mol. The number of hydrogen-bond acceptors (Lipinski definition) is 3. The molecule has 1 heterocycles. The van der Waals surface area contributed by atoms with Crippen LogP contribution in [-0.2, 0) is 10.0 Å². The summed E-state index contributed by atoms with van der Waals surface area (Å²) < 4.78 is 24.7. The maximum Gasteiger partial charge on any atom is 0.214 e. The molecule has 1 aliphatic heterocycles. The molecule has 2 N–H and O–H groups in total. The van der Waals surface area contributed by atoms with Gasteiger partial charge in [-0.15, -0.1) is 0 Å². The molecule has 0 unspecified atom stereocenters. The zero-order valence-electron chi connectivity index (χ0n) is 10.9. The molecule has 0 radical (unpaired) electrons. The van der Waals surface area contributed by atoms with Crippen molar-refractivity contribution in [2.45, 2.75) is 32.2 Å². The normalized spacial score (nSPS) is 24.2. The summed E-state index contributed by atoms with van der Waals surface area (Å²) in [5.41, 5.74) is 0. The van der Waals surface area contributed by atoms with Gasteiger partial charge in [-0.3, -0.25) is 4.99 Å². The monoisotopic (exact) mass is 274 g/mol. The van der Waals surface area contributed by atoms with Crippen LogP contribution in [0.2, 0.25) is 0 Å². The standard InChI is InChI=1S/C11H22N4O2S/c1-2-12-11(14-10-4-5-10)13-6-8-15-7-3-9-18(15,16)17/h10H,2-9H2,1H3,(H2,12,13,14). The Kier molecular flexibility index (Phi) is 4.45. The number of guanidine groups is 1. The number of nitrogens with zero attached hydrogens (tertiary/aromatic N) is 2. The Hall–Kier alpha value is -0.820. The Morgan fingerprint density at radius 1 is 1.44 bits per heavy atom. The lowest BCUT2D eigenvalue weighted by Gasteiger charge is -2.14. The summed E-state index contributed by atoms with van der Waals surface area (Å²) in [7, 11) is -2.98. The fourth-order valence-electron chi connectivity index (χ4n) is 1.96. The summed E-state index contributed by atoms with van der Waals surface area (Å²) >= 11 is 0. The van der Waals surface area contributed by atoms with Gasteiger partial charge in [0, 0.05) is 25.7 Å². The highest BCUT2D eigenvalue weighted by atomic mass is 32.2. The Balaban J connectivity index is 1.80. The minimum atomic E-state index is -2.98. The van der Waals surface area contributed by atoms with Gasteiger partial charge in [-0.25, -0.2) is 12.7 Å². The lowest BCUT2D eigenvalue weighted by atomic mass is 10.5. The van der Waals surface area contributed by atoms with Crippen LogP contribution in [-0.4, -0.2) is 56.7 Å². The van der Waals surface area contributed by atoms with Crippen LogP contribution in [0.1, 0.15) is 26.2 Å². The summed E-state index contributed by atoms with van der Waals surface area (Å²) in [5.74, 6) is 1.09. The first-order chi connectivity index (χ1) is 8.62. The van der Waals surface area contributed by atoms with Crippen LogP contribution in [0.3, 0.4) is 0 Å². The van der Waals surface area contributed by atoms with E-state index in [0.29, 0.717) is 25.7 Å². The first kappa shape index (κ1) is 13.6. The zero-order chi connectivity index (χ0) is 13.0. The highest BCUT2D eigenvalue weighted by Crippen LogP contribution is 2.18. The number of aliphatic imine (C=N–C) groups is 1. The molecule has 1 saturated carbocycles. The van der Waals surface area contributed by atoms with E-state index in [0.717, 1.165) is 18.9 Å². The van der Waals surface area contributed by atoms with Crippen molar-refractivity contribution in [2.24, 2.45) is 4.99 Å². The Morgan fingerprint density at radius 2 is 2.22 bits per heavy atom. The lowest BCUT2D eigenvalue weighted by molar-refractivity contribution is 0.452. The van der Waals surface area contributed by atoms with Crippen molar-refractivity contribution < 1.29 is 8.42 Å². The molecule has 0 aromatic carbocycles. The van der Waals surface area contributed by atoms with Crippen LogP contribution >= 0.6 is 0 Å². The van der Waals surface area contributed by atoms with Crippen molar-refractivity contribution in [3.05, 3.63) is 0 Å². The van der Waals surface area contributed by atoms with Gasteiger partial charge in [-0.1, -0.05) is 0 Å². The van der Waals surface area contributed by atoms with Crippen LogP contribution in [0.15, 0.2) is 4.99 Å². The number of rotatable bonds is 5. The smallest absolute Gasteiger partial charge is 0.214 e. The van der Waals surface area contributed by atoms with Crippen LogP contribution in [0.5, 0.6) is 0 Å². The van der Waals surface area contributed by atoms with Gasteiger partial charge in [0.15, 0.2) is 5.96 Å². The van der Waals surface area contributed by atoms with E-state index < -0.39 is 10.0 Å². The van der Waals surface area contributed by atoms with Gasteiger partial charge in [0.05, 0.1) is 12.3 Å². The van der Waals surface area contributed by atoms with Crippen molar-refractivity contribution in [3.8, 4) is 0 Å². The van der Waals surface area contributed by atoms with Gasteiger partial charge < -0.3 is 10.6 Å². The molecule has 0 aromatic rings. The van der Waals surface area contributed by atoms with Crippen LogP contribution in [0.4, 0.5) is 0 Å². The molecule has 7 heteroatoms. The Morgan fingerprint density at radius 3 is 2.78 bits per heavy atom. The fourth-order valence-corrected chi connectivity index (χ4v) is 3.48. The molecule has 2 rings (SSSR count). The van der Waals surface area contributed by atoms with Crippen LogP contribution < -0.4 is 10.6 Å². The predicted octanol–water partition coefficient (Wildman–Crippen LogP) is -0.261. The summed E-state index contributed by atoms with van der Waals surface area (Å²) in [6, 6.07) is 0.554. The molecular weight excluding hydrogens is 252 g/mol. The van der Waals surface area contributed by atoms with E-state index in [2.05, 4.69) is 15.6 Å². The van der Waals surface area contributed by atoms with Crippen molar-refractivity contribution in [1.29, 1.82) is 0 Å². The van der Waals surface area contributed by atoms with E-state index in [1.807, 2.05) is 6.92 Å². The zero-order valence-corrected chi connectivity index (χ0v) is 11.7. The predicted molar refractivity (Wildman–Crippen MR) is 72.1 cm³/mol. The molecule has 18 heavy (non-hydrogen) atoms. The lowest BCUT2D eigenvalue weighted by Crippen LogP contribution is -2.39. The quantitative estimate of drug-likeness (QED) is 0.535. The van der Waals surface area contributed by atoms with E-state index in [9.17, 15) is 8.42 Å². The minimum Gasteiger partial charge on any atom is -0.357 e. The average Bonchev–Trinajstić information content (AvgIpc) is 3.05. The van der Waals surface area contributed by atoms with Gasteiger partial charge in [0.25, 0.3) is 0 Å². The second-order valence-electron chi connectivity index (χ2n) is 4.75. The van der Waals surface area contributed by atoms with E-state index >= 15 is 0 Å². The molecule has 0 bridgehead atoms. The van der Waals surface area contributed by atoms with Crippen molar-refractivity contribution in [2.75, 3.05) is 31.9 Å². The SMILES string of the molecule is CCNC(=NCCN1CCCS1(=O)=O)NC1CC1. The summed E-state index contributed by atoms with van der Waals surface area (Å²) in [4.78, 5) is 4.41. The van der Waals surface area contributed by atoms with E-state index in [4.69, 9.17) is 0 Å². The first-order valence-electron chi connectivity index (χ1n) is 6.64. The molecule has 2 fully saturated rings. The fraction of sp³-hybridized carbons (Fsp3) is 0.909. The molecule has 0 spiro atoms. The summed E-state index contributed by atoms with van der Waals surface area (Å²) in [6.07, 6.45) is 3.14. The molecule has 1 saturated heterocycles. The van der Waals surface area contributed by atoms with E-state index in [-0.39, 0.29) is 5.75 Å². The third kappa shape index (κ3) is 3.84. The second kappa shape index (κ2) is 5.88. The second-order valence-corrected chi connectivity index (χ2v) is 6.84. The van der Waals surface area contributed by atoms with Crippen LogP contribution in [0, 0.1) is 0 Å². The molecule has 0 atom stereocenters. The van der Waals surface area contributed by atoms with Crippen LogP contribution in [0.25, 0.3) is 0 Å². The molecule has 6 nitrogen and oxygen atoms in total. The van der Waals surface area contributed by atoms with Crippen molar-refractivity contribution in [1.82, 2.24) is 14.9 Å². The highest BCUT2D eigenvalue weighted by molar-refractivity contribution is 7.89. The van der Waals surface area contributed by atoms with Gasteiger partial charge in [-0.2, -0.15) is 0 Å². The molecule has 1 aliphatic carbocycles. The molecular formula is C11H22N4O2S. The Labute approximate surface area is 109 Å². The highest BCUT2D eigenvalue weighted by Gasteiger charge is 2.27. The van der Waals surface area contributed by atoms with Gasteiger partial charge >= 0.3 is 0 Å². The molecule has 2 aliphatic rings. The van der Waals surface area contributed by atoms with Gasteiger partial charge in [-0.05, 0) is 26.2 Å². The molecule has 0 amide bonds. The van der Waals surface area contributed by atoms with Gasteiger partial charge in [0.2, 0.25) is 10.0 Å².